The van der Waals surface area contributed by atoms with Crippen molar-refractivity contribution in [2.45, 2.75) is 51.1 Å². The Labute approximate surface area is 82.3 Å². The van der Waals surface area contributed by atoms with Crippen LogP contribution in [0.3, 0.4) is 0 Å². The van der Waals surface area contributed by atoms with Crippen molar-refractivity contribution in [3.8, 4) is 0 Å². The molecule has 0 N–H and O–H groups in total. The topological polar surface area (TPSA) is 9.23 Å². The van der Waals surface area contributed by atoms with E-state index in [2.05, 4.69) is 26.8 Å². The Balaban J connectivity index is 2.36. The summed E-state index contributed by atoms with van der Waals surface area (Å²) in [6, 6.07) is 0. The summed E-state index contributed by atoms with van der Waals surface area (Å²) in [5.74, 6) is 0. The summed E-state index contributed by atoms with van der Waals surface area (Å²) in [5, 5.41) is 1.70. The van der Waals surface area contributed by atoms with Gasteiger partial charge in [0.1, 0.15) is 0 Å². The van der Waals surface area contributed by atoms with Crippen LogP contribution in [0.1, 0.15) is 40.0 Å². The number of allylic oxidation sites excluding steroid dienone is 1. The largest absolute Gasteiger partial charge is 0.412 e. The first-order valence-corrected chi connectivity index (χ1v) is 7.57. The lowest BCUT2D eigenvalue weighted by atomic mass is 10.2. The SMILES string of the molecule is CC=C1CCO[Si]12C(C)CCC2C. The van der Waals surface area contributed by atoms with Gasteiger partial charge in [0, 0.05) is 6.61 Å². The second-order valence-electron chi connectivity index (χ2n) is 4.58. The third-order valence-corrected chi connectivity index (χ3v) is 9.79. The predicted octanol–water partition coefficient (Wildman–Crippen LogP) is 3.41. The standard InChI is InChI=1S/C11H20OSi/c1-4-11-7-8-12-13(11)9(2)5-6-10(13)3/h4,9-10H,5-8H2,1-3H3. The quantitative estimate of drug-likeness (QED) is 0.539. The van der Waals surface area contributed by atoms with Crippen LogP contribution in [0.25, 0.3) is 0 Å². The summed E-state index contributed by atoms with van der Waals surface area (Å²) in [5.41, 5.74) is 1.72. The van der Waals surface area contributed by atoms with Crippen LogP contribution in [-0.4, -0.2) is 14.9 Å². The summed E-state index contributed by atoms with van der Waals surface area (Å²) >= 11 is 0. The summed E-state index contributed by atoms with van der Waals surface area (Å²) in [7, 11) is -1.44. The van der Waals surface area contributed by atoms with Gasteiger partial charge in [-0.2, -0.15) is 0 Å². The van der Waals surface area contributed by atoms with Gasteiger partial charge in [0.2, 0.25) is 8.32 Å². The molecule has 1 spiro atoms. The molecule has 0 amide bonds. The Morgan fingerprint density at radius 3 is 2.46 bits per heavy atom. The third-order valence-electron chi connectivity index (χ3n) is 4.06. The molecular weight excluding hydrogens is 176 g/mol. The summed E-state index contributed by atoms with van der Waals surface area (Å²) in [6.45, 7) is 8.01. The zero-order chi connectivity index (χ0) is 9.47. The number of hydrogen-bond donors (Lipinski definition) is 0. The lowest BCUT2D eigenvalue weighted by Gasteiger charge is -2.31. The second-order valence-corrected chi connectivity index (χ2v) is 9.07. The van der Waals surface area contributed by atoms with Gasteiger partial charge in [-0.05, 0) is 24.4 Å². The average molecular weight is 196 g/mol. The molecule has 0 aliphatic carbocycles. The van der Waals surface area contributed by atoms with E-state index < -0.39 is 8.32 Å². The summed E-state index contributed by atoms with van der Waals surface area (Å²) in [4.78, 5) is 0. The molecule has 0 saturated carbocycles. The van der Waals surface area contributed by atoms with E-state index in [0.717, 1.165) is 17.7 Å². The van der Waals surface area contributed by atoms with Crippen LogP contribution in [0.4, 0.5) is 0 Å². The van der Waals surface area contributed by atoms with Gasteiger partial charge in [-0.15, -0.1) is 0 Å². The van der Waals surface area contributed by atoms with Crippen LogP contribution in [0.5, 0.6) is 0 Å². The highest BCUT2D eigenvalue weighted by atomic mass is 28.4. The zero-order valence-corrected chi connectivity index (χ0v) is 9.97. The van der Waals surface area contributed by atoms with E-state index in [4.69, 9.17) is 4.43 Å². The third kappa shape index (κ3) is 1.15. The molecule has 2 heterocycles. The Kier molecular flexibility index (Phi) is 2.36. The van der Waals surface area contributed by atoms with Crippen molar-refractivity contribution in [3.63, 3.8) is 0 Å². The van der Waals surface area contributed by atoms with Crippen molar-refractivity contribution < 1.29 is 4.43 Å². The fraction of sp³-hybridized carbons (Fsp3) is 0.818. The van der Waals surface area contributed by atoms with E-state index in [1.54, 1.807) is 5.20 Å². The fourth-order valence-corrected chi connectivity index (χ4v) is 8.89. The average Bonchev–Trinajstić information content (AvgIpc) is 2.67. The molecule has 2 fully saturated rings. The molecule has 0 aromatic rings. The Morgan fingerprint density at radius 2 is 1.92 bits per heavy atom. The molecule has 2 heteroatoms. The normalized spacial score (nSPS) is 48.1. The molecule has 2 saturated heterocycles. The first-order chi connectivity index (χ1) is 6.21. The molecule has 74 valence electrons. The van der Waals surface area contributed by atoms with Crippen LogP contribution >= 0.6 is 0 Å². The molecule has 1 nitrogen and oxygen atoms in total. The number of rotatable bonds is 0. The molecule has 2 rings (SSSR count). The molecular formula is C11H20OSi. The predicted molar refractivity (Wildman–Crippen MR) is 58.2 cm³/mol. The molecule has 0 radical (unpaired) electrons. The van der Waals surface area contributed by atoms with Crippen LogP contribution in [0, 0.1) is 0 Å². The highest BCUT2D eigenvalue weighted by molar-refractivity contribution is 6.84. The first kappa shape index (κ1) is 9.47. The van der Waals surface area contributed by atoms with Crippen molar-refractivity contribution in [2.24, 2.45) is 0 Å². The molecule has 0 aromatic carbocycles. The van der Waals surface area contributed by atoms with Gasteiger partial charge in [0.15, 0.2) is 0 Å². The minimum Gasteiger partial charge on any atom is -0.412 e. The van der Waals surface area contributed by atoms with Gasteiger partial charge in [0.05, 0.1) is 0 Å². The van der Waals surface area contributed by atoms with E-state index in [-0.39, 0.29) is 0 Å². The maximum atomic E-state index is 6.20. The van der Waals surface area contributed by atoms with Gasteiger partial charge in [-0.1, -0.05) is 38.0 Å². The van der Waals surface area contributed by atoms with Crippen LogP contribution < -0.4 is 0 Å². The Morgan fingerprint density at radius 1 is 1.31 bits per heavy atom. The molecule has 0 aromatic heterocycles. The monoisotopic (exact) mass is 196 g/mol. The molecule has 2 atom stereocenters. The van der Waals surface area contributed by atoms with Crippen molar-refractivity contribution in [3.05, 3.63) is 11.3 Å². The molecule has 2 unspecified atom stereocenters. The maximum Gasteiger partial charge on any atom is 0.225 e. The smallest absolute Gasteiger partial charge is 0.225 e. The highest BCUT2D eigenvalue weighted by Crippen LogP contribution is 2.53. The van der Waals surface area contributed by atoms with E-state index in [1.807, 2.05) is 0 Å². The van der Waals surface area contributed by atoms with Gasteiger partial charge in [0.25, 0.3) is 0 Å². The zero-order valence-electron chi connectivity index (χ0n) is 8.97. The van der Waals surface area contributed by atoms with Gasteiger partial charge < -0.3 is 4.43 Å². The van der Waals surface area contributed by atoms with Gasteiger partial charge in [-0.25, -0.2) is 0 Å². The molecule has 13 heavy (non-hydrogen) atoms. The lowest BCUT2D eigenvalue weighted by Crippen LogP contribution is -2.40. The van der Waals surface area contributed by atoms with Crippen LogP contribution in [0.2, 0.25) is 11.1 Å². The molecule has 0 bridgehead atoms. The van der Waals surface area contributed by atoms with Crippen molar-refractivity contribution >= 4 is 8.32 Å². The van der Waals surface area contributed by atoms with E-state index in [1.165, 1.54) is 19.3 Å². The van der Waals surface area contributed by atoms with Gasteiger partial charge in [-0.3, -0.25) is 0 Å². The van der Waals surface area contributed by atoms with Crippen molar-refractivity contribution in [1.29, 1.82) is 0 Å². The van der Waals surface area contributed by atoms with Crippen molar-refractivity contribution in [2.75, 3.05) is 6.61 Å². The number of hydrogen-bond acceptors (Lipinski definition) is 1. The van der Waals surface area contributed by atoms with E-state index in [0.29, 0.717) is 0 Å². The molecule has 2 aliphatic rings. The Bertz CT molecular complexity index is 224. The summed E-state index contributed by atoms with van der Waals surface area (Å²) < 4.78 is 6.20. The maximum absolute atomic E-state index is 6.20. The van der Waals surface area contributed by atoms with E-state index >= 15 is 0 Å². The first-order valence-electron chi connectivity index (χ1n) is 5.51. The summed E-state index contributed by atoms with van der Waals surface area (Å²) in [6.07, 6.45) is 6.35. The minimum absolute atomic E-state index is 0.858. The minimum atomic E-state index is -1.44. The van der Waals surface area contributed by atoms with Crippen molar-refractivity contribution in [1.82, 2.24) is 0 Å². The Hall–Kier alpha value is -0.0831. The molecule has 2 aliphatic heterocycles. The highest BCUT2D eigenvalue weighted by Gasteiger charge is 2.54. The lowest BCUT2D eigenvalue weighted by molar-refractivity contribution is 0.334. The second kappa shape index (κ2) is 3.25. The van der Waals surface area contributed by atoms with E-state index in [9.17, 15) is 0 Å². The van der Waals surface area contributed by atoms with Crippen LogP contribution in [-0.2, 0) is 4.43 Å². The van der Waals surface area contributed by atoms with Crippen LogP contribution in [0.15, 0.2) is 11.3 Å². The fourth-order valence-electron chi connectivity index (χ4n) is 3.32. The van der Waals surface area contributed by atoms with Gasteiger partial charge >= 0.3 is 0 Å².